The van der Waals surface area contributed by atoms with Gasteiger partial charge < -0.3 is 55.9 Å². The lowest BCUT2D eigenvalue weighted by molar-refractivity contribution is -0.173. The van der Waals surface area contributed by atoms with Crippen LogP contribution in [0.2, 0.25) is 0 Å². The van der Waals surface area contributed by atoms with Crippen LogP contribution >= 0.6 is 23.5 Å². The zero-order chi connectivity index (χ0) is 28.2. The van der Waals surface area contributed by atoms with Crippen LogP contribution in [0.15, 0.2) is 11.2 Å². The van der Waals surface area contributed by atoms with Crippen molar-refractivity contribution in [2.24, 2.45) is 16.5 Å². The van der Waals surface area contributed by atoms with Crippen LogP contribution in [0, 0.1) is 11.8 Å². The van der Waals surface area contributed by atoms with E-state index in [0.717, 1.165) is 6.92 Å². The Bertz CT molecular complexity index is 1200. The third-order valence-electron chi connectivity index (χ3n) is 4.89. The maximum absolute atomic E-state index is 12.1. The second-order valence-corrected chi connectivity index (χ2v) is 12.1. The monoisotopic (exact) mass is 591 g/mol. The number of aliphatic hydroxyl groups excluding tert-OH is 1. The highest BCUT2D eigenvalue weighted by molar-refractivity contribution is 7.66. The van der Waals surface area contributed by atoms with Crippen LogP contribution in [0.1, 0.15) is 31.1 Å². The minimum Gasteiger partial charge on any atom is -0.390 e. The average Bonchev–Trinajstić information content (AvgIpc) is 3.08. The number of hydrogen-bond acceptors (Lipinski definition) is 13. The smallest absolute Gasteiger partial charge is 0.390 e. The summed E-state index contributed by atoms with van der Waals surface area (Å²) in [6.07, 6.45) is -0.959. The summed E-state index contributed by atoms with van der Waals surface area (Å²) in [6, 6.07) is 0. The highest BCUT2D eigenvalue weighted by Crippen LogP contribution is 2.66. The number of aromatic nitrogens is 1. The SMILES string of the molecule is CC(O)C(C)(O)[C@@H](COP(=O)(O)OP(=O)(O)OP(=O)(O)O)OCn1cc(C#CCN)c2c1NC=NC2N. The number of nitrogens with zero attached hydrogens (tertiary/aromatic N) is 2. The highest BCUT2D eigenvalue weighted by Gasteiger charge is 2.44. The van der Waals surface area contributed by atoms with Gasteiger partial charge in [0, 0.05) is 11.8 Å². The topological polar surface area (TPSA) is 291 Å². The summed E-state index contributed by atoms with van der Waals surface area (Å²) in [5.74, 6) is 5.94. The first-order valence-corrected chi connectivity index (χ1v) is 14.7. The van der Waals surface area contributed by atoms with Crippen LogP contribution < -0.4 is 16.8 Å². The van der Waals surface area contributed by atoms with Gasteiger partial charge in [0.1, 0.15) is 30.4 Å². The second kappa shape index (κ2) is 12.1. The summed E-state index contributed by atoms with van der Waals surface area (Å²) < 4.78 is 53.4. The van der Waals surface area contributed by atoms with Gasteiger partial charge in [-0.25, -0.2) is 13.7 Å². The molecule has 0 radical (unpaired) electrons. The van der Waals surface area contributed by atoms with Crippen LogP contribution in [0.4, 0.5) is 5.82 Å². The Labute approximate surface area is 210 Å². The molecule has 18 nitrogen and oxygen atoms in total. The number of phosphoric ester groups is 1. The molecule has 0 bridgehead atoms. The van der Waals surface area contributed by atoms with Gasteiger partial charge in [-0.05, 0) is 13.8 Å². The van der Waals surface area contributed by atoms with Crippen LogP contribution in [0.3, 0.4) is 0 Å². The molecule has 0 aromatic carbocycles. The molecular formula is C16H28N5O13P3. The first-order valence-electron chi connectivity index (χ1n) is 10.1. The van der Waals surface area contributed by atoms with Gasteiger partial charge in [0.15, 0.2) is 0 Å². The van der Waals surface area contributed by atoms with Gasteiger partial charge in [0.05, 0.1) is 31.2 Å². The molecule has 37 heavy (non-hydrogen) atoms. The molecule has 11 N–H and O–H groups in total. The first kappa shape index (κ1) is 31.7. The Balaban J connectivity index is 2.24. The number of ether oxygens (including phenoxy) is 1. The van der Waals surface area contributed by atoms with Gasteiger partial charge >= 0.3 is 23.5 Å². The van der Waals surface area contributed by atoms with Gasteiger partial charge in [-0.2, -0.15) is 8.62 Å². The molecule has 0 aliphatic carbocycles. The van der Waals surface area contributed by atoms with E-state index in [2.05, 4.69) is 35.3 Å². The number of aliphatic hydroxyl groups is 2. The number of phosphoric acid groups is 3. The normalized spacial score (nSPS) is 21.8. The molecule has 0 saturated carbocycles. The van der Waals surface area contributed by atoms with Crippen molar-refractivity contribution in [1.82, 2.24) is 4.57 Å². The van der Waals surface area contributed by atoms with E-state index in [-0.39, 0.29) is 13.3 Å². The molecule has 0 spiro atoms. The molecular weight excluding hydrogens is 563 g/mol. The Hall–Kier alpha value is -1.48. The number of rotatable bonds is 12. The van der Waals surface area contributed by atoms with Crippen LogP contribution in [0.5, 0.6) is 0 Å². The number of aliphatic imine (C=N–C) groups is 1. The molecule has 5 unspecified atom stereocenters. The largest absolute Gasteiger partial charge is 0.490 e. The Morgan fingerprint density at radius 2 is 1.89 bits per heavy atom. The molecule has 0 saturated heterocycles. The van der Waals surface area contributed by atoms with E-state index in [9.17, 15) is 33.7 Å². The van der Waals surface area contributed by atoms with Crippen molar-refractivity contribution >= 4 is 35.6 Å². The maximum atomic E-state index is 12.1. The van der Waals surface area contributed by atoms with E-state index in [4.69, 9.17) is 26.0 Å². The Morgan fingerprint density at radius 3 is 2.46 bits per heavy atom. The van der Waals surface area contributed by atoms with E-state index < -0.39 is 54.0 Å². The molecule has 2 heterocycles. The van der Waals surface area contributed by atoms with Gasteiger partial charge in [0.25, 0.3) is 0 Å². The zero-order valence-corrected chi connectivity index (χ0v) is 22.1. The van der Waals surface area contributed by atoms with Crippen LogP contribution in [-0.4, -0.2) is 71.7 Å². The molecule has 1 aromatic rings. The number of nitrogens with one attached hydrogen (secondary N) is 1. The summed E-state index contributed by atoms with van der Waals surface area (Å²) in [5, 5.41) is 23.6. The van der Waals surface area contributed by atoms with Crippen molar-refractivity contribution in [3.8, 4) is 11.8 Å². The van der Waals surface area contributed by atoms with E-state index in [1.165, 1.54) is 24.0 Å². The fourth-order valence-corrected chi connectivity index (χ4v) is 5.94. The van der Waals surface area contributed by atoms with Crippen molar-refractivity contribution in [1.29, 1.82) is 0 Å². The third-order valence-corrected chi connectivity index (χ3v) is 8.69. The molecule has 210 valence electrons. The summed E-state index contributed by atoms with van der Waals surface area (Å²) >= 11 is 0. The molecule has 1 aliphatic rings. The molecule has 6 atom stereocenters. The standard InChI is InChI=1S/C16H28N5O13P3/c1-10(22)16(2,23)12(7-32-36(27,28)34-37(29,30)33-35(24,25)26)31-9-21-6-11(4-3-5-17)13-14(18)19-8-20-15(13)21/h6,8,10,12,14,22-23H,5,7,9,17-18H2,1-2H3,(H,19,20)(H,27,28)(H,29,30)(H2,24,25,26)/t10?,12-,14?,16?/m1/s1. The quantitative estimate of drug-likeness (QED) is 0.104. The van der Waals surface area contributed by atoms with Crippen molar-refractivity contribution in [2.75, 3.05) is 18.5 Å². The number of nitrogens with two attached hydrogens (primary N) is 2. The molecule has 1 aromatic heterocycles. The molecule has 2 rings (SSSR count). The summed E-state index contributed by atoms with van der Waals surface area (Å²) in [5.41, 5.74) is 10.3. The first-order chi connectivity index (χ1) is 16.9. The van der Waals surface area contributed by atoms with E-state index >= 15 is 0 Å². The molecule has 0 amide bonds. The van der Waals surface area contributed by atoms with E-state index in [1.54, 1.807) is 0 Å². The predicted octanol–water partition coefficient (Wildman–Crippen LogP) is -0.973. The predicted molar refractivity (Wildman–Crippen MR) is 126 cm³/mol. The lowest BCUT2D eigenvalue weighted by atomic mass is 9.94. The minimum atomic E-state index is -5.76. The fraction of sp³-hybridized carbons (Fsp3) is 0.562. The maximum Gasteiger partial charge on any atom is 0.490 e. The number of anilines is 1. The second-order valence-electron chi connectivity index (χ2n) is 7.72. The van der Waals surface area contributed by atoms with Gasteiger partial charge in [-0.1, -0.05) is 11.8 Å². The number of hydrogen-bond donors (Lipinski definition) is 9. The zero-order valence-electron chi connectivity index (χ0n) is 19.4. The van der Waals surface area contributed by atoms with Crippen LogP contribution in [0.25, 0.3) is 0 Å². The fourth-order valence-electron chi connectivity index (χ4n) is 2.92. The number of fused-ring (bicyclic) bond motifs is 1. The lowest BCUT2D eigenvalue weighted by Gasteiger charge is -2.35. The summed E-state index contributed by atoms with van der Waals surface area (Å²) in [4.78, 5) is 40.3. The molecule has 0 fully saturated rings. The summed E-state index contributed by atoms with van der Waals surface area (Å²) in [7, 11) is -16.9. The molecule has 1 aliphatic heterocycles. The Kier molecular flexibility index (Phi) is 10.4. The van der Waals surface area contributed by atoms with Crippen molar-refractivity contribution in [2.45, 2.75) is 44.6 Å². The highest BCUT2D eigenvalue weighted by atomic mass is 31.3. The van der Waals surface area contributed by atoms with Crippen molar-refractivity contribution < 1.29 is 61.4 Å². The summed E-state index contributed by atoms with van der Waals surface area (Å²) in [6.45, 7) is 0.998. The van der Waals surface area contributed by atoms with Crippen molar-refractivity contribution in [3.63, 3.8) is 0 Å². The van der Waals surface area contributed by atoms with Gasteiger partial charge in [0.2, 0.25) is 0 Å². The average molecular weight is 591 g/mol. The minimum absolute atomic E-state index is 0.0717. The third kappa shape index (κ3) is 9.05. The molecule has 21 heteroatoms. The Morgan fingerprint density at radius 1 is 1.24 bits per heavy atom. The van der Waals surface area contributed by atoms with E-state index in [1.807, 2.05) is 0 Å². The van der Waals surface area contributed by atoms with Crippen molar-refractivity contribution in [3.05, 3.63) is 17.3 Å². The van der Waals surface area contributed by atoms with Crippen LogP contribution in [-0.2, 0) is 38.3 Å². The van der Waals surface area contributed by atoms with E-state index in [0.29, 0.717) is 16.9 Å². The van der Waals surface area contributed by atoms with Gasteiger partial charge in [-0.3, -0.25) is 9.52 Å². The lowest BCUT2D eigenvalue weighted by Crippen LogP contribution is -2.51. The van der Waals surface area contributed by atoms with Gasteiger partial charge in [-0.15, -0.1) is 0 Å².